The highest BCUT2D eigenvalue weighted by Gasteiger charge is 2.18. The number of hydrogen-bond donors (Lipinski definition) is 0. The van der Waals surface area contributed by atoms with Crippen molar-refractivity contribution in [3.63, 3.8) is 0 Å². The van der Waals surface area contributed by atoms with Crippen LogP contribution in [0.5, 0.6) is 0 Å². The van der Waals surface area contributed by atoms with E-state index in [2.05, 4.69) is 55.7 Å². The van der Waals surface area contributed by atoms with Gasteiger partial charge in [-0.2, -0.15) is 0 Å². The molecule has 0 aromatic carbocycles. The maximum atomic E-state index is 11.7. The summed E-state index contributed by atoms with van der Waals surface area (Å²) < 4.78 is 16.6. The van der Waals surface area contributed by atoms with Gasteiger partial charge in [-0.1, -0.05) is 55.2 Å². The number of rotatable bonds is 11. The van der Waals surface area contributed by atoms with Gasteiger partial charge in [0, 0.05) is 30.9 Å². The third kappa shape index (κ3) is 8.31. The molecule has 0 bridgehead atoms. The van der Waals surface area contributed by atoms with Crippen molar-refractivity contribution in [3.8, 4) is 0 Å². The molecule has 4 aliphatic carbocycles. The lowest BCUT2D eigenvalue weighted by molar-refractivity contribution is -0.137. The zero-order chi connectivity index (χ0) is 27.6. The van der Waals surface area contributed by atoms with Gasteiger partial charge in [-0.25, -0.2) is 9.59 Å². The molecule has 4 aliphatic rings. The van der Waals surface area contributed by atoms with Gasteiger partial charge in [0.05, 0.1) is 12.4 Å². The summed E-state index contributed by atoms with van der Waals surface area (Å²) >= 11 is 0. The van der Waals surface area contributed by atoms with Crippen LogP contribution in [0.4, 0.5) is 0 Å². The van der Waals surface area contributed by atoms with Gasteiger partial charge in [0.2, 0.25) is 0 Å². The zero-order valence-corrected chi connectivity index (χ0v) is 22.9. The highest BCUT2D eigenvalue weighted by Crippen LogP contribution is 2.33. The van der Waals surface area contributed by atoms with Crippen molar-refractivity contribution in [2.24, 2.45) is 0 Å². The monoisotopic (exact) mass is 526 g/mol. The molecule has 0 heterocycles. The highest BCUT2D eigenvalue weighted by atomic mass is 16.5. The molecule has 204 valence electrons. The molecule has 0 amide bonds. The van der Waals surface area contributed by atoms with Crippen LogP contribution in [-0.4, -0.2) is 25.2 Å². The molecule has 4 rings (SSSR count). The van der Waals surface area contributed by atoms with E-state index in [1.165, 1.54) is 39.5 Å². The lowest BCUT2D eigenvalue weighted by Gasteiger charge is -2.22. The second kappa shape index (κ2) is 13.8. The number of carbonyl (C=O) groups is 2. The highest BCUT2D eigenvalue weighted by molar-refractivity contribution is 5.87. The van der Waals surface area contributed by atoms with Crippen molar-refractivity contribution < 1.29 is 23.8 Å². The normalized spacial score (nSPS) is 19.0. The van der Waals surface area contributed by atoms with Gasteiger partial charge in [0.25, 0.3) is 0 Å². The Hall–Kier alpha value is -3.86. The fraction of sp³-hybridized carbons (Fsp3) is 0.353. The van der Waals surface area contributed by atoms with Crippen molar-refractivity contribution in [1.82, 2.24) is 0 Å². The molecule has 0 N–H and O–H groups in total. The third-order valence-electron chi connectivity index (χ3n) is 7.37. The van der Waals surface area contributed by atoms with Crippen LogP contribution < -0.4 is 0 Å². The Kier molecular flexibility index (Phi) is 9.96. The standard InChI is InChI=1S/C34H38O5/c1-4-33(35)37-22-21-25-5-9-27(10-6-25)28-11-7-26(8-12-28)23-38-31-17-13-29(14-18-31)30-15-19-32(20-16-30)39-34(36)24(2)3/h4-5,7,9,11,13,15,17,19H,1-2,6,8,10,12,14,16,18,20-23H2,3H3. The number of esters is 2. The quantitative estimate of drug-likeness (QED) is 0.204. The van der Waals surface area contributed by atoms with Crippen molar-refractivity contribution >= 4 is 11.9 Å². The molecule has 0 unspecified atom stereocenters. The van der Waals surface area contributed by atoms with Crippen LogP contribution in [0.1, 0.15) is 64.7 Å². The Morgan fingerprint density at radius 3 is 1.77 bits per heavy atom. The van der Waals surface area contributed by atoms with Crippen LogP contribution in [0, 0.1) is 0 Å². The lowest BCUT2D eigenvalue weighted by atomic mass is 9.87. The van der Waals surface area contributed by atoms with E-state index < -0.39 is 0 Å². The molecule has 0 fully saturated rings. The fourth-order valence-electron chi connectivity index (χ4n) is 4.93. The van der Waals surface area contributed by atoms with E-state index in [4.69, 9.17) is 14.2 Å². The average Bonchev–Trinajstić information content (AvgIpc) is 2.97. The molecule has 0 aromatic rings. The minimum Gasteiger partial charge on any atom is -0.494 e. The van der Waals surface area contributed by atoms with Gasteiger partial charge in [-0.15, -0.1) is 0 Å². The van der Waals surface area contributed by atoms with Gasteiger partial charge in [-0.05, 0) is 85.5 Å². The Labute approximate surface area is 232 Å². The van der Waals surface area contributed by atoms with Crippen LogP contribution in [0.25, 0.3) is 0 Å². The molecule has 39 heavy (non-hydrogen) atoms. The second-order valence-electron chi connectivity index (χ2n) is 10.3. The van der Waals surface area contributed by atoms with Gasteiger partial charge in [0.1, 0.15) is 12.4 Å². The van der Waals surface area contributed by atoms with Gasteiger partial charge >= 0.3 is 11.9 Å². The van der Waals surface area contributed by atoms with Crippen molar-refractivity contribution in [1.29, 1.82) is 0 Å². The van der Waals surface area contributed by atoms with Crippen molar-refractivity contribution in [3.05, 3.63) is 118 Å². The Morgan fingerprint density at radius 1 is 0.744 bits per heavy atom. The average molecular weight is 527 g/mol. The predicted molar refractivity (Wildman–Crippen MR) is 154 cm³/mol. The topological polar surface area (TPSA) is 61.8 Å². The SMILES string of the molecule is C=CC(=O)OCCC1=CC=C(C2=CC=C(COC3=CC=C(C4=CC=C(OC(=O)C(=C)C)CC4)CC3)CC2)CC1. The first-order valence-corrected chi connectivity index (χ1v) is 13.8. The smallest absolute Gasteiger partial charge is 0.338 e. The van der Waals surface area contributed by atoms with Gasteiger partial charge < -0.3 is 14.2 Å². The van der Waals surface area contributed by atoms with E-state index in [0.717, 1.165) is 63.5 Å². The van der Waals surface area contributed by atoms with Crippen molar-refractivity contribution in [2.75, 3.05) is 13.2 Å². The third-order valence-corrected chi connectivity index (χ3v) is 7.37. The molecule has 0 saturated carbocycles. The molecule has 0 spiro atoms. The molecule has 0 saturated heterocycles. The first-order valence-electron chi connectivity index (χ1n) is 13.8. The lowest BCUT2D eigenvalue weighted by Crippen LogP contribution is -2.08. The molecule has 0 aliphatic heterocycles. The maximum Gasteiger partial charge on any atom is 0.338 e. The van der Waals surface area contributed by atoms with Gasteiger partial charge in [-0.3, -0.25) is 0 Å². The Bertz CT molecular complexity index is 1270. The molecule has 0 radical (unpaired) electrons. The Morgan fingerprint density at radius 2 is 1.28 bits per heavy atom. The van der Waals surface area contributed by atoms with E-state index >= 15 is 0 Å². The zero-order valence-electron chi connectivity index (χ0n) is 22.9. The number of ether oxygens (including phenoxy) is 3. The summed E-state index contributed by atoms with van der Waals surface area (Å²) in [6.07, 6.45) is 26.6. The summed E-state index contributed by atoms with van der Waals surface area (Å²) in [5.74, 6) is 1.01. The largest absolute Gasteiger partial charge is 0.494 e. The minimum absolute atomic E-state index is 0.362. The van der Waals surface area contributed by atoms with Crippen LogP contribution in [0.3, 0.4) is 0 Å². The van der Waals surface area contributed by atoms with E-state index in [9.17, 15) is 9.59 Å². The molecule has 5 heteroatoms. The van der Waals surface area contributed by atoms with E-state index in [-0.39, 0.29) is 11.9 Å². The molecule has 0 aromatic heterocycles. The van der Waals surface area contributed by atoms with Crippen LogP contribution >= 0.6 is 0 Å². The molecule has 0 atom stereocenters. The number of allylic oxidation sites excluding steroid dienone is 14. The van der Waals surface area contributed by atoms with Crippen LogP contribution in [0.2, 0.25) is 0 Å². The van der Waals surface area contributed by atoms with E-state index in [0.29, 0.717) is 24.5 Å². The maximum absolute atomic E-state index is 11.7. The van der Waals surface area contributed by atoms with E-state index in [1.807, 2.05) is 6.08 Å². The van der Waals surface area contributed by atoms with Crippen molar-refractivity contribution in [2.45, 2.75) is 64.7 Å². The predicted octanol–water partition coefficient (Wildman–Crippen LogP) is 7.74. The molecule has 5 nitrogen and oxygen atoms in total. The Balaban J connectivity index is 1.24. The molecular weight excluding hydrogens is 488 g/mol. The number of hydrogen-bond acceptors (Lipinski definition) is 5. The summed E-state index contributed by atoms with van der Waals surface area (Å²) in [6.45, 7) is 9.75. The van der Waals surface area contributed by atoms with Crippen LogP contribution in [0.15, 0.2) is 118 Å². The summed E-state index contributed by atoms with van der Waals surface area (Å²) in [5, 5.41) is 0. The first kappa shape index (κ1) is 28.2. The summed E-state index contributed by atoms with van der Waals surface area (Å²) in [5.41, 5.74) is 8.48. The number of carbonyl (C=O) groups excluding carboxylic acids is 2. The van der Waals surface area contributed by atoms with Crippen LogP contribution in [-0.2, 0) is 23.8 Å². The first-order chi connectivity index (χ1) is 18.9. The fourth-order valence-corrected chi connectivity index (χ4v) is 4.93. The minimum atomic E-state index is -0.363. The van der Waals surface area contributed by atoms with Gasteiger partial charge in [0.15, 0.2) is 0 Å². The second-order valence-corrected chi connectivity index (χ2v) is 10.3. The molecular formula is C34H38O5. The summed E-state index contributed by atoms with van der Waals surface area (Å²) in [7, 11) is 0. The summed E-state index contributed by atoms with van der Waals surface area (Å²) in [4.78, 5) is 22.9. The summed E-state index contributed by atoms with van der Waals surface area (Å²) in [6, 6.07) is 0. The van der Waals surface area contributed by atoms with E-state index in [1.54, 1.807) is 6.92 Å².